The van der Waals surface area contributed by atoms with E-state index in [-0.39, 0.29) is 0 Å². The first-order valence-electron chi connectivity index (χ1n) is 8.71. The molecule has 1 aromatic carbocycles. The number of fused-ring (bicyclic) bond motifs is 1. The van der Waals surface area contributed by atoms with Crippen LogP contribution in [-0.2, 0) is 16.1 Å². The van der Waals surface area contributed by atoms with Crippen LogP contribution in [0.5, 0.6) is 11.5 Å². The van der Waals surface area contributed by atoms with E-state index in [2.05, 4.69) is 35.8 Å². The molecule has 8 nitrogen and oxygen atoms in total. The third-order valence-electron chi connectivity index (χ3n) is 4.65. The molecule has 0 bridgehead atoms. The lowest BCUT2D eigenvalue weighted by molar-refractivity contribution is -0.159. The van der Waals surface area contributed by atoms with E-state index in [1.54, 1.807) is 0 Å². The zero-order valence-electron chi connectivity index (χ0n) is 15.2. The summed E-state index contributed by atoms with van der Waals surface area (Å²) < 4.78 is 10.8. The molecule has 3 rings (SSSR count). The van der Waals surface area contributed by atoms with Crippen LogP contribution in [-0.4, -0.2) is 71.0 Å². The van der Waals surface area contributed by atoms with Gasteiger partial charge in [0.25, 0.3) is 0 Å². The minimum atomic E-state index is -1.82. The van der Waals surface area contributed by atoms with Gasteiger partial charge < -0.3 is 19.7 Å². The van der Waals surface area contributed by atoms with Gasteiger partial charge in [-0.15, -0.1) is 0 Å². The summed E-state index contributed by atoms with van der Waals surface area (Å²) >= 11 is 0. The number of nitrogens with zero attached hydrogens (tertiary/aromatic N) is 2. The monoisotopic (exact) mass is 366 g/mol. The van der Waals surface area contributed by atoms with Crippen LogP contribution in [0.25, 0.3) is 0 Å². The molecule has 2 N–H and O–H groups in total. The summed E-state index contributed by atoms with van der Waals surface area (Å²) in [5, 5.41) is 14.8. The van der Waals surface area contributed by atoms with Crippen molar-refractivity contribution in [1.29, 1.82) is 0 Å². The van der Waals surface area contributed by atoms with Crippen LogP contribution >= 0.6 is 0 Å². The van der Waals surface area contributed by atoms with E-state index < -0.39 is 11.9 Å². The van der Waals surface area contributed by atoms with Gasteiger partial charge in [-0.05, 0) is 31.0 Å². The number of carbonyl (C=O) groups is 2. The molecule has 0 aromatic heterocycles. The summed E-state index contributed by atoms with van der Waals surface area (Å²) in [6, 6.07) is 6.99. The Morgan fingerprint density at radius 1 is 1.08 bits per heavy atom. The largest absolute Gasteiger partial charge is 0.473 e. The molecule has 0 spiro atoms. The highest BCUT2D eigenvalue weighted by Gasteiger charge is 2.21. The topological polar surface area (TPSA) is 99.5 Å². The summed E-state index contributed by atoms with van der Waals surface area (Å²) in [5.41, 5.74) is 1.31. The number of aliphatic carboxylic acids is 2. The molecule has 2 aliphatic rings. The number of carboxylic acids is 2. The van der Waals surface area contributed by atoms with Gasteiger partial charge in [-0.2, -0.15) is 0 Å². The van der Waals surface area contributed by atoms with Crippen molar-refractivity contribution in [3.8, 4) is 11.5 Å². The second kappa shape index (κ2) is 9.40. The lowest BCUT2D eigenvalue weighted by Crippen LogP contribution is -2.48. The molecular weight excluding hydrogens is 340 g/mol. The van der Waals surface area contributed by atoms with Gasteiger partial charge >= 0.3 is 11.9 Å². The van der Waals surface area contributed by atoms with Gasteiger partial charge in [0.1, 0.15) is 0 Å². The van der Waals surface area contributed by atoms with E-state index in [1.165, 1.54) is 25.1 Å². The number of benzene rings is 1. The highest BCUT2D eigenvalue weighted by Crippen LogP contribution is 2.32. The Balaban J connectivity index is 0.000000352. The highest BCUT2D eigenvalue weighted by molar-refractivity contribution is 6.27. The van der Waals surface area contributed by atoms with Crippen LogP contribution in [0, 0.1) is 0 Å². The van der Waals surface area contributed by atoms with Crippen molar-refractivity contribution in [2.75, 3.05) is 33.0 Å². The summed E-state index contributed by atoms with van der Waals surface area (Å²) in [5.74, 6) is -1.89. The first-order chi connectivity index (χ1) is 12.4. The van der Waals surface area contributed by atoms with Crippen LogP contribution in [0.4, 0.5) is 0 Å². The fraction of sp³-hybridized carbons (Fsp3) is 0.556. The number of carboxylic acid groups (broad SMARTS) is 2. The lowest BCUT2D eigenvalue weighted by Gasteiger charge is -2.37. The minimum Gasteiger partial charge on any atom is -0.473 e. The molecule has 1 atom stereocenters. The number of ether oxygens (including phenoxy) is 2. The van der Waals surface area contributed by atoms with Gasteiger partial charge in [-0.1, -0.05) is 13.0 Å². The average Bonchev–Trinajstić information content (AvgIpc) is 3.10. The molecule has 1 aromatic rings. The summed E-state index contributed by atoms with van der Waals surface area (Å²) in [7, 11) is 0. The first-order valence-corrected chi connectivity index (χ1v) is 8.71. The quantitative estimate of drug-likeness (QED) is 0.773. The second-order valence-corrected chi connectivity index (χ2v) is 6.37. The Bertz CT molecular complexity index is 616. The summed E-state index contributed by atoms with van der Waals surface area (Å²) in [6.45, 7) is 10.6. The molecule has 2 aliphatic heterocycles. The van der Waals surface area contributed by atoms with Gasteiger partial charge in [0.05, 0.1) is 0 Å². The highest BCUT2D eigenvalue weighted by atomic mass is 16.7. The van der Waals surface area contributed by atoms with E-state index in [9.17, 15) is 0 Å². The molecule has 0 amide bonds. The minimum absolute atomic E-state index is 0.354. The zero-order chi connectivity index (χ0) is 19.1. The molecule has 8 heteroatoms. The summed E-state index contributed by atoms with van der Waals surface area (Å²) in [6.07, 6.45) is 1.24. The van der Waals surface area contributed by atoms with E-state index in [4.69, 9.17) is 29.3 Å². The van der Waals surface area contributed by atoms with E-state index in [0.717, 1.165) is 31.1 Å². The molecule has 0 aliphatic carbocycles. The van der Waals surface area contributed by atoms with Crippen molar-refractivity contribution < 1.29 is 29.3 Å². The van der Waals surface area contributed by atoms with Crippen molar-refractivity contribution >= 4 is 11.9 Å². The molecule has 1 unspecified atom stereocenters. The number of rotatable bonds is 4. The Morgan fingerprint density at radius 2 is 1.69 bits per heavy atom. The molecule has 144 valence electrons. The van der Waals surface area contributed by atoms with E-state index >= 15 is 0 Å². The SMILES string of the molecule is CCC(C)N1CCN(Cc2ccc3c(c2)OCO3)CC1.O=C(O)C(=O)O. The van der Waals surface area contributed by atoms with Gasteiger partial charge in [0, 0.05) is 38.8 Å². The van der Waals surface area contributed by atoms with Crippen LogP contribution in [0.3, 0.4) is 0 Å². The molecule has 0 saturated carbocycles. The van der Waals surface area contributed by atoms with Crippen LogP contribution in [0.2, 0.25) is 0 Å². The maximum atomic E-state index is 9.10. The lowest BCUT2D eigenvalue weighted by atomic mass is 10.1. The predicted octanol–water partition coefficient (Wildman–Crippen LogP) is 1.49. The molecule has 1 fully saturated rings. The Hall–Kier alpha value is -2.32. The van der Waals surface area contributed by atoms with Crippen molar-refractivity contribution in [1.82, 2.24) is 9.80 Å². The van der Waals surface area contributed by atoms with Crippen molar-refractivity contribution in [2.24, 2.45) is 0 Å². The fourth-order valence-corrected chi connectivity index (χ4v) is 2.92. The Kier molecular flexibility index (Phi) is 7.23. The van der Waals surface area contributed by atoms with Gasteiger partial charge in [0.15, 0.2) is 11.5 Å². The van der Waals surface area contributed by atoms with Crippen molar-refractivity contribution in [3.05, 3.63) is 23.8 Å². The Morgan fingerprint density at radius 3 is 2.27 bits per heavy atom. The second-order valence-electron chi connectivity index (χ2n) is 6.37. The van der Waals surface area contributed by atoms with Crippen molar-refractivity contribution in [2.45, 2.75) is 32.9 Å². The van der Waals surface area contributed by atoms with Gasteiger partial charge in [-0.25, -0.2) is 9.59 Å². The van der Waals surface area contributed by atoms with E-state index in [1.807, 2.05) is 6.07 Å². The normalized spacial score (nSPS) is 17.9. The van der Waals surface area contributed by atoms with Crippen LogP contribution < -0.4 is 9.47 Å². The average molecular weight is 366 g/mol. The first kappa shape index (κ1) is 20.0. The van der Waals surface area contributed by atoms with Gasteiger partial charge in [0.2, 0.25) is 6.79 Å². The molecule has 0 radical (unpaired) electrons. The van der Waals surface area contributed by atoms with Crippen molar-refractivity contribution in [3.63, 3.8) is 0 Å². The smallest absolute Gasteiger partial charge is 0.414 e. The maximum absolute atomic E-state index is 9.10. The third kappa shape index (κ3) is 5.60. The molecular formula is C18H26N2O6. The zero-order valence-corrected chi connectivity index (χ0v) is 15.2. The van der Waals surface area contributed by atoms with Crippen LogP contribution in [0.15, 0.2) is 18.2 Å². The number of hydrogen-bond donors (Lipinski definition) is 2. The third-order valence-corrected chi connectivity index (χ3v) is 4.65. The number of piperazine rings is 1. The molecule has 26 heavy (non-hydrogen) atoms. The van der Waals surface area contributed by atoms with Gasteiger partial charge in [-0.3, -0.25) is 9.80 Å². The molecule has 2 heterocycles. The standard InChI is InChI=1S/C16H24N2O2.C2H2O4/c1-3-13(2)18-8-6-17(7-9-18)11-14-4-5-15-16(10-14)20-12-19-15;3-1(4)2(5)6/h4-5,10,13H,3,6-9,11-12H2,1-2H3;(H,3,4)(H,5,6). The molecule has 1 saturated heterocycles. The predicted molar refractivity (Wildman–Crippen MR) is 94.4 cm³/mol. The van der Waals surface area contributed by atoms with E-state index in [0.29, 0.717) is 12.8 Å². The number of hydrogen-bond acceptors (Lipinski definition) is 6. The fourth-order valence-electron chi connectivity index (χ4n) is 2.92. The Labute approximate surface area is 152 Å². The summed E-state index contributed by atoms with van der Waals surface area (Å²) in [4.78, 5) is 23.3. The maximum Gasteiger partial charge on any atom is 0.414 e. The van der Waals surface area contributed by atoms with Crippen LogP contribution in [0.1, 0.15) is 25.8 Å².